The van der Waals surface area contributed by atoms with Gasteiger partial charge in [0, 0.05) is 80.3 Å². The fourth-order valence-corrected chi connectivity index (χ4v) is 5.59. The summed E-state index contributed by atoms with van der Waals surface area (Å²) in [5.41, 5.74) is 4.45. The van der Waals surface area contributed by atoms with Crippen LogP contribution in [-0.2, 0) is 22.7 Å². The van der Waals surface area contributed by atoms with Gasteiger partial charge in [-0.15, -0.1) is 0 Å². The SMILES string of the molecule is CNC(=O)CC(O)CNCc1cnc2cc(-c3cccc(-c4ccc(CNC[C@@H]5CCC(=O)N5)c(OC)n4)c3Cl)ccn2c1=O. The van der Waals surface area contributed by atoms with Crippen LogP contribution in [0.15, 0.2) is 59.7 Å². The van der Waals surface area contributed by atoms with Gasteiger partial charge in [-0.05, 0) is 30.2 Å². The number of pyridine rings is 2. The van der Waals surface area contributed by atoms with Crippen LogP contribution in [0.5, 0.6) is 5.88 Å². The summed E-state index contributed by atoms with van der Waals surface area (Å²) in [7, 11) is 3.09. The Labute approximate surface area is 265 Å². The third kappa shape index (κ3) is 7.66. The molecule has 13 heteroatoms. The predicted molar refractivity (Wildman–Crippen MR) is 171 cm³/mol. The van der Waals surface area contributed by atoms with Gasteiger partial charge in [0.05, 0.1) is 30.4 Å². The highest BCUT2D eigenvalue weighted by atomic mass is 35.5. The summed E-state index contributed by atoms with van der Waals surface area (Å²) in [4.78, 5) is 45.2. The highest BCUT2D eigenvalue weighted by Gasteiger charge is 2.20. The van der Waals surface area contributed by atoms with Gasteiger partial charge in [0.2, 0.25) is 17.7 Å². The molecule has 0 spiro atoms. The zero-order valence-corrected chi connectivity index (χ0v) is 25.9. The van der Waals surface area contributed by atoms with Crippen LogP contribution in [0.25, 0.3) is 28.0 Å². The van der Waals surface area contributed by atoms with Crippen LogP contribution in [0.3, 0.4) is 0 Å². The number of hydrogen-bond donors (Lipinski definition) is 5. The van der Waals surface area contributed by atoms with Crippen LogP contribution in [0, 0.1) is 0 Å². The number of fused-ring (bicyclic) bond motifs is 1. The molecule has 0 aliphatic carbocycles. The molecule has 1 aliphatic heterocycles. The second-order valence-electron chi connectivity index (χ2n) is 10.9. The Hall–Kier alpha value is -4.36. The van der Waals surface area contributed by atoms with Crippen molar-refractivity contribution in [1.29, 1.82) is 0 Å². The molecule has 0 saturated carbocycles. The fourth-order valence-electron chi connectivity index (χ4n) is 5.26. The molecule has 2 amide bonds. The van der Waals surface area contributed by atoms with Crippen LogP contribution in [0.1, 0.15) is 30.4 Å². The first-order valence-electron chi connectivity index (χ1n) is 14.7. The monoisotopic (exact) mass is 633 g/mol. The number of aliphatic hydroxyl groups excluding tert-OH is 1. The number of methoxy groups -OCH3 is 1. The normalized spacial score (nSPS) is 15.2. The van der Waals surface area contributed by atoms with E-state index >= 15 is 0 Å². The van der Waals surface area contributed by atoms with E-state index in [-0.39, 0.29) is 42.9 Å². The maximum Gasteiger partial charge on any atom is 0.262 e. The Morgan fingerprint density at radius 2 is 1.96 bits per heavy atom. The number of nitrogens with one attached hydrogen (secondary N) is 4. The van der Waals surface area contributed by atoms with Gasteiger partial charge in [-0.1, -0.05) is 35.9 Å². The van der Waals surface area contributed by atoms with E-state index in [1.54, 1.807) is 25.4 Å². The number of carbonyl (C=O) groups is 2. The van der Waals surface area contributed by atoms with Gasteiger partial charge in [-0.25, -0.2) is 9.97 Å². The lowest BCUT2D eigenvalue weighted by Crippen LogP contribution is -2.35. The molecule has 1 aliphatic rings. The summed E-state index contributed by atoms with van der Waals surface area (Å²) < 4.78 is 7.05. The molecule has 4 aromatic rings. The Morgan fingerprint density at radius 1 is 1.16 bits per heavy atom. The Kier molecular flexibility index (Phi) is 10.4. The van der Waals surface area contributed by atoms with E-state index in [0.717, 1.165) is 28.7 Å². The van der Waals surface area contributed by atoms with Crippen LogP contribution >= 0.6 is 11.6 Å². The molecule has 1 aromatic carbocycles. The van der Waals surface area contributed by atoms with Crippen molar-refractivity contribution in [3.05, 3.63) is 81.4 Å². The second kappa shape index (κ2) is 14.6. The van der Waals surface area contributed by atoms with Crippen molar-refractivity contribution < 1.29 is 19.4 Å². The molecule has 1 saturated heterocycles. The van der Waals surface area contributed by atoms with E-state index in [9.17, 15) is 19.5 Å². The topological polar surface area (TPSA) is 159 Å². The molecule has 1 unspecified atom stereocenters. The Morgan fingerprint density at radius 3 is 2.71 bits per heavy atom. The van der Waals surface area contributed by atoms with Crippen molar-refractivity contribution in [2.24, 2.45) is 0 Å². The van der Waals surface area contributed by atoms with Crippen LogP contribution in [0.2, 0.25) is 5.02 Å². The molecule has 2 atom stereocenters. The first kappa shape index (κ1) is 32.0. The maximum absolute atomic E-state index is 13.1. The number of halogens is 1. The van der Waals surface area contributed by atoms with E-state index in [1.165, 1.54) is 17.6 Å². The molecule has 45 heavy (non-hydrogen) atoms. The van der Waals surface area contributed by atoms with Gasteiger partial charge in [0.25, 0.3) is 5.56 Å². The number of ether oxygens (including phenoxy) is 1. The third-order valence-electron chi connectivity index (χ3n) is 7.69. The Balaban J connectivity index is 1.31. The minimum Gasteiger partial charge on any atom is -0.481 e. The van der Waals surface area contributed by atoms with Crippen molar-refractivity contribution in [2.45, 2.75) is 44.5 Å². The van der Waals surface area contributed by atoms with E-state index < -0.39 is 6.10 Å². The summed E-state index contributed by atoms with van der Waals surface area (Å²) >= 11 is 6.94. The van der Waals surface area contributed by atoms with Crippen molar-refractivity contribution in [2.75, 3.05) is 27.2 Å². The van der Waals surface area contributed by atoms with Crippen LogP contribution in [-0.4, -0.2) is 70.7 Å². The first-order chi connectivity index (χ1) is 21.8. The van der Waals surface area contributed by atoms with Gasteiger partial charge in [0.1, 0.15) is 5.65 Å². The molecule has 4 heterocycles. The molecule has 236 valence electrons. The fraction of sp³-hybridized carbons (Fsp3) is 0.344. The third-order valence-corrected chi connectivity index (χ3v) is 8.09. The number of hydrogen-bond acceptors (Lipinski definition) is 9. The number of carbonyl (C=O) groups excluding carboxylic acids is 2. The molecule has 0 radical (unpaired) electrons. The smallest absolute Gasteiger partial charge is 0.262 e. The van der Waals surface area contributed by atoms with Crippen molar-refractivity contribution in [3.8, 4) is 28.3 Å². The van der Waals surface area contributed by atoms with E-state index in [2.05, 4.69) is 26.3 Å². The van der Waals surface area contributed by atoms with Gasteiger partial charge in [-0.2, -0.15) is 0 Å². The highest BCUT2D eigenvalue weighted by molar-refractivity contribution is 6.36. The minimum absolute atomic E-state index is 0.0271. The quantitative estimate of drug-likeness (QED) is 0.149. The molecule has 5 rings (SSSR count). The van der Waals surface area contributed by atoms with Crippen LogP contribution < -0.4 is 31.6 Å². The molecule has 5 N–H and O–H groups in total. The molecular formula is C32H36ClN7O5. The number of aliphatic hydroxyl groups is 1. The molecule has 1 fully saturated rings. The molecule has 3 aromatic heterocycles. The molecular weight excluding hydrogens is 598 g/mol. The van der Waals surface area contributed by atoms with Gasteiger partial charge < -0.3 is 31.1 Å². The highest BCUT2D eigenvalue weighted by Crippen LogP contribution is 2.36. The number of aromatic nitrogens is 3. The largest absolute Gasteiger partial charge is 0.481 e. The van der Waals surface area contributed by atoms with E-state index in [1.807, 2.05) is 30.3 Å². The summed E-state index contributed by atoms with van der Waals surface area (Å²) in [5.74, 6) is 0.312. The van der Waals surface area contributed by atoms with Crippen molar-refractivity contribution in [3.63, 3.8) is 0 Å². The van der Waals surface area contributed by atoms with Gasteiger partial charge in [-0.3, -0.25) is 18.8 Å². The number of nitrogens with zero attached hydrogens (tertiary/aromatic N) is 3. The van der Waals surface area contributed by atoms with E-state index in [0.29, 0.717) is 47.3 Å². The number of rotatable bonds is 13. The average Bonchev–Trinajstić information content (AvgIpc) is 3.46. The van der Waals surface area contributed by atoms with E-state index in [4.69, 9.17) is 21.3 Å². The Bertz CT molecular complexity index is 1760. The standard InChI is InChI=1S/C32H36ClN7O5/c1-34-29(43)13-23(41)18-36-15-21-16-37-27-12-19(10-11-40(27)32(21)44)24-4-3-5-25(30(24)33)26-8-6-20(31(39-26)45-2)14-35-17-22-7-9-28(42)38-22/h3-6,8,10-12,16,22-23,35-36,41H,7,9,13-15,17-18H2,1-2H3,(H,34,43)(H,38,42)/t22-,23?/m0/s1. The van der Waals surface area contributed by atoms with Gasteiger partial charge >= 0.3 is 0 Å². The predicted octanol–water partition coefficient (Wildman–Crippen LogP) is 2.04. The summed E-state index contributed by atoms with van der Waals surface area (Å²) in [6.45, 7) is 1.56. The summed E-state index contributed by atoms with van der Waals surface area (Å²) in [6.07, 6.45) is 3.66. The zero-order valence-electron chi connectivity index (χ0n) is 25.1. The van der Waals surface area contributed by atoms with Crippen molar-refractivity contribution in [1.82, 2.24) is 35.6 Å². The van der Waals surface area contributed by atoms with Crippen molar-refractivity contribution >= 4 is 29.1 Å². The number of amides is 2. The first-order valence-corrected chi connectivity index (χ1v) is 15.1. The lowest BCUT2D eigenvalue weighted by Gasteiger charge is -2.15. The van der Waals surface area contributed by atoms with Crippen LogP contribution in [0.4, 0.5) is 0 Å². The lowest BCUT2D eigenvalue weighted by atomic mass is 10.0. The average molecular weight is 634 g/mol. The minimum atomic E-state index is -0.867. The maximum atomic E-state index is 13.1. The number of benzene rings is 1. The second-order valence-corrected chi connectivity index (χ2v) is 11.2. The zero-order chi connectivity index (χ0) is 31.9. The van der Waals surface area contributed by atoms with Gasteiger partial charge in [0.15, 0.2) is 0 Å². The summed E-state index contributed by atoms with van der Waals surface area (Å²) in [5, 5.41) is 22.3. The molecule has 0 bridgehead atoms. The summed E-state index contributed by atoms with van der Waals surface area (Å²) in [6, 6.07) is 13.3. The molecule has 12 nitrogen and oxygen atoms in total. The lowest BCUT2D eigenvalue weighted by molar-refractivity contribution is -0.122.